The third-order valence-electron chi connectivity index (χ3n) is 3.09. The van der Waals surface area contributed by atoms with Crippen molar-refractivity contribution in [3.05, 3.63) is 71.8 Å². The zero-order valence-corrected chi connectivity index (χ0v) is 11.7. The van der Waals surface area contributed by atoms with Crippen molar-refractivity contribution in [1.29, 1.82) is 0 Å². The van der Waals surface area contributed by atoms with E-state index in [0.29, 0.717) is 6.54 Å². The molecule has 0 amide bonds. The van der Waals surface area contributed by atoms with Crippen molar-refractivity contribution in [2.24, 2.45) is 0 Å². The van der Waals surface area contributed by atoms with E-state index in [4.69, 9.17) is 0 Å². The van der Waals surface area contributed by atoms with E-state index in [2.05, 4.69) is 11.8 Å². The van der Waals surface area contributed by atoms with Crippen LogP contribution >= 0.6 is 0 Å². The van der Waals surface area contributed by atoms with E-state index in [1.807, 2.05) is 67.6 Å². The van der Waals surface area contributed by atoms with E-state index in [-0.39, 0.29) is 6.04 Å². The van der Waals surface area contributed by atoms with Crippen LogP contribution in [0.4, 0.5) is 0 Å². The largest absolute Gasteiger partial charge is 0.312 e. The summed E-state index contributed by atoms with van der Waals surface area (Å²) in [6.07, 6.45) is 0.781. The van der Waals surface area contributed by atoms with Crippen molar-refractivity contribution in [3.63, 3.8) is 0 Å². The van der Waals surface area contributed by atoms with E-state index in [9.17, 15) is 5.21 Å². The predicted octanol–water partition coefficient (Wildman–Crippen LogP) is 3.71. The maximum Gasteiger partial charge on any atom is 0.0961 e. The monoisotopic (exact) mass is 265 g/mol. The lowest BCUT2D eigenvalue weighted by Crippen LogP contribution is -2.30. The van der Waals surface area contributed by atoms with Gasteiger partial charge in [0, 0.05) is 5.56 Å². The van der Waals surface area contributed by atoms with Crippen LogP contribution in [0.2, 0.25) is 0 Å². The normalized spacial score (nSPS) is 11.8. The maximum atomic E-state index is 10.2. The summed E-state index contributed by atoms with van der Waals surface area (Å²) in [6.45, 7) is 2.52. The number of nitrogens with zero attached hydrogens (tertiary/aromatic N) is 1. The van der Waals surface area contributed by atoms with E-state index >= 15 is 0 Å². The van der Waals surface area contributed by atoms with Crippen LogP contribution in [0.3, 0.4) is 0 Å². The van der Waals surface area contributed by atoms with Crippen molar-refractivity contribution in [2.45, 2.75) is 25.9 Å². The smallest absolute Gasteiger partial charge is 0.0961 e. The van der Waals surface area contributed by atoms with Crippen LogP contribution < -0.4 is 0 Å². The second kappa shape index (κ2) is 7.49. The molecule has 0 heterocycles. The standard InChI is InChI=1S/C18H19NO/c1-2-18(14-13-16-9-5-3-6-10-16)19(20)15-17-11-7-4-8-12-17/h3-12,18,20H,2,15H2,1H3. The molecule has 102 valence electrons. The number of benzene rings is 2. The number of hydrogen-bond acceptors (Lipinski definition) is 2. The molecule has 1 N–H and O–H groups in total. The highest BCUT2D eigenvalue weighted by Gasteiger charge is 2.11. The molecule has 0 aromatic heterocycles. The van der Waals surface area contributed by atoms with Crippen molar-refractivity contribution < 1.29 is 5.21 Å². The van der Waals surface area contributed by atoms with Crippen LogP contribution in [0, 0.1) is 11.8 Å². The van der Waals surface area contributed by atoms with Gasteiger partial charge in [0.2, 0.25) is 0 Å². The number of hydrogen-bond donors (Lipinski definition) is 1. The summed E-state index contributed by atoms with van der Waals surface area (Å²) in [4.78, 5) is 0. The second-order valence-corrected chi connectivity index (χ2v) is 4.64. The molecule has 2 nitrogen and oxygen atoms in total. The molecule has 2 heteroatoms. The van der Waals surface area contributed by atoms with Gasteiger partial charge in [0.05, 0.1) is 12.6 Å². The van der Waals surface area contributed by atoms with E-state index in [0.717, 1.165) is 17.5 Å². The fourth-order valence-corrected chi connectivity index (χ4v) is 1.96. The van der Waals surface area contributed by atoms with Crippen LogP contribution in [-0.4, -0.2) is 16.3 Å². The molecular formula is C18H19NO. The Hall–Kier alpha value is -2.08. The molecule has 0 spiro atoms. The predicted molar refractivity (Wildman–Crippen MR) is 81.2 cm³/mol. The minimum Gasteiger partial charge on any atom is -0.312 e. The first-order valence-corrected chi connectivity index (χ1v) is 6.85. The molecule has 0 aliphatic carbocycles. The van der Waals surface area contributed by atoms with Gasteiger partial charge in [-0.2, -0.15) is 5.06 Å². The third kappa shape index (κ3) is 4.24. The molecule has 0 radical (unpaired) electrons. The molecule has 2 aromatic carbocycles. The third-order valence-corrected chi connectivity index (χ3v) is 3.09. The highest BCUT2D eigenvalue weighted by atomic mass is 16.5. The average molecular weight is 265 g/mol. The van der Waals surface area contributed by atoms with Gasteiger partial charge in [0.1, 0.15) is 0 Å². The van der Waals surface area contributed by atoms with Crippen LogP contribution in [0.25, 0.3) is 0 Å². The van der Waals surface area contributed by atoms with Gasteiger partial charge in [-0.3, -0.25) is 0 Å². The fourth-order valence-electron chi connectivity index (χ4n) is 1.96. The maximum absolute atomic E-state index is 10.2. The van der Waals surface area contributed by atoms with Crippen molar-refractivity contribution in [2.75, 3.05) is 0 Å². The van der Waals surface area contributed by atoms with Crippen LogP contribution in [0.5, 0.6) is 0 Å². The molecule has 0 bridgehead atoms. The Bertz CT molecular complexity index is 569. The first kappa shape index (κ1) is 14.3. The Kier molecular flexibility index (Phi) is 5.37. The minimum atomic E-state index is -0.157. The minimum absolute atomic E-state index is 0.157. The van der Waals surface area contributed by atoms with Crippen LogP contribution in [0.1, 0.15) is 24.5 Å². The summed E-state index contributed by atoms with van der Waals surface area (Å²) in [5.74, 6) is 6.24. The van der Waals surface area contributed by atoms with Gasteiger partial charge in [0.15, 0.2) is 0 Å². The van der Waals surface area contributed by atoms with Gasteiger partial charge in [-0.25, -0.2) is 0 Å². The molecule has 2 rings (SSSR count). The van der Waals surface area contributed by atoms with Gasteiger partial charge in [0.25, 0.3) is 0 Å². The number of hydroxylamine groups is 2. The Labute approximate surface area is 120 Å². The van der Waals surface area contributed by atoms with E-state index in [1.165, 1.54) is 5.06 Å². The van der Waals surface area contributed by atoms with Gasteiger partial charge in [-0.15, -0.1) is 0 Å². The Morgan fingerprint density at radius 1 is 1.00 bits per heavy atom. The van der Waals surface area contributed by atoms with E-state index < -0.39 is 0 Å². The van der Waals surface area contributed by atoms with Gasteiger partial charge in [-0.1, -0.05) is 67.3 Å². The van der Waals surface area contributed by atoms with E-state index in [1.54, 1.807) is 0 Å². The molecule has 0 saturated carbocycles. The Morgan fingerprint density at radius 3 is 2.20 bits per heavy atom. The average Bonchev–Trinajstić information content (AvgIpc) is 2.50. The molecule has 0 saturated heterocycles. The summed E-state index contributed by atoms with van der Waals surface area (Å²) in [6, 6.07) is 19.6. The fraction of sp³-hybridized carbons (Fsp3) is 0.222. The lowest BCUT2D eigenvalue weighted by molar-refractivity contribution is -0.120. The summed E-state index contributed by atoms with van der Waals surface area (Å²) >= 11 is 0. The van der Waals surface area contributed by atoms with Crippen molar-refractivity contribution in [3.8, 4) is 11.8 Å². The molecule has 20 heavy (non-hydrogen) atoms. The molecule has 0 aliphatic rings. The molecule has 0 aliphatic heterocycles. The summed E-state index contributed by atoms with van der Waals surface area (Å²) in [5.41, 5.74) is 2.05. The lowest BCUT2D eigenvalue weighted by Gasteiger charge is -2.20. The highest BCUT2D eigenvalue weighted by molar-refractivity contribution is 5.34. The summed E-state index contributed by atoms with van der Waals surface area (Å²) < 4.78 is 0. The molecular weight excluding hydrogens is 246 g/mol. The zero-order chi connectivity index (χ0) is 14.2. The Morgan fingerprint density at radius 2 is 1.60 bits per heavy atom. The van der Waals surface area contributed by atoms with Gasteiger partial charge >= 0.3 is 0 Å². The molecule has 1 unspecified atom stereocenters. The second-order valence-electron chi connectivity index (χ2n) is 4.64. The Balaban J connectivity index is 2.03. The summed E-state index contributed by atoms with van der Waals surface area (Å²) in [7, 11) is 0. The number of rotatable bonds is 4. The highest BCUT2D eigenvalue weighted by Crippen LogP contribution is 2.08. The van der Waals surface area contributed by atoms with Crippen LogP contribution in [-0.2, 0) is 6.54 Å². The topological polar surface area (TPSA) is 23.5 Å². The lowest BCUT2D eigenvalue weighted by atomic mass is 10.1. The molecule has 1 atom stereocenters. The molecule has 2 aromatic rings. The first-order chi connectivity index (χ1) is 9.79. The zero-order valence-electron chi connectivity index (χ0n) is 11.7. The van der Waals surface area contributed by atoms with Gasteiger partial charge < -0.3 is 5.21 Å². The summed E-state index contributed by atoms with van der Waals surface area (Å²) in [5, 5.41) is 11.5. The van der Waals surface area contributed by atoms with Crippen molar-refractivity contribution in [1.82, 2.24) is 5.06 Å². The van der Waals surface area contributed by atoms with Crippen LogP contribution in [0.15, 0.2) is 60.7 Å². The van der Waals surface area contributed by atoms with Gasteiger partial charge in [-0.05, 0) is 24.1 Å². The first-order valence-electron chi connectivity index (χ1n) is 6.85. The van der Waals surface area contributed by atoms with Crippen molar-refractivity contribution >= 4 is 0 Å². The quantitative estimate of drug-likeness (QED) is 0.673. The molecule has 0 fully saturated rings. The SMILES string of the molecule is CCC(C#Cc1ccccc1)N(O)Cc1ccccc1.